The van der Waals surface area contributed by atoms with Gasteiger partial charge in [-0.2, -0.15) is 0 Å². The summed E-state index contributed by atoms with van der Waals surface area (Å²) >= 11 is 0. The highest BCUT2D eigenvalue weighted by Crippen LogP contribution is 1.97. The molecule has 0 saturated heterocycles. The van der Waals surface area contributed by atoms with Crippen molar-refractivity contribution in [2.45, 2.75) is 32.7 Å². The smallest absolute Gasteiger partial charge is 0.00966 e. The predicted octanol–water partition coefficient (Wildman–Crippen LogP) is 1.95. The van der Waals surface area contributed by atoms with Crippen molar-refractivity contribution in [1.29, 1.82) is 0 Å². The molecule has 1 nitrogen and oxygen atoms in total. The van der Waals surface area contributed by atoms with E-state index in [1.165, 1.54) is 0 Å². The van der Waals surface area contributed by atoms with E-state index in [0.717, 1.165) is 13.0 Å². The van der Waals surface area contributed by atoms with Crippen molar-refractivity contribution in [3.63, 3.8) is 0 Å². The molecule has 0 spiro atoms. The lowest BCUT2D eigenvalue weighted by Crippen LogP contribution is -2.36. The summed E-state index contributed by atoms with van der Waals surface area (Å²) in [6, 6.07) is 0. The van der Waals surface area contributed by atoms with Gasteiger partial charge in [-0.1, -0.05) is 6.08 Å². The number of rotatable bonds is 3. The second-order valence-electron chi connectivity index (χ2n) is 3.25. The van der Waals surface area contributed by atoms with Gasteiger partial charge in [0.2, 0.25) is 0 Å². The molecule has 0 unspecified atom stereocenters. The Balaban J connectivity index is 3.17. The second kappa shape index (κ2) is 3.67. The normalized spacial score (nSPS) is 11.4. The second-order valence-corrected chi connectivity index (χ2v) is 3.25. The van der Waals surface area contributed by atoms with Gasteiger partial charge in [0.15, 0.2) is 0 Å². The first kappa shape index (κ1) is 8.70. The molecule has 0 aliphatic rings. The Bertz CT molecular complexity index is 79.1. The lowest BCUT2D eigenvalue weighted by molar-refractivity contribution is 0.431. The lowest BCUT2D eigenvalue weighted by Gasteiger charge is -2.19. The van der Waals surface area contributed by atoms with E-state index in [-0.39, 0.29) is 5.54 Å². The van der Waals surface area contributed by atoms with Crippen molar-refractivity contribution in [2.24, 2.45) is 0 Å². The van der Waals surface area contributed by atoms with E-state index in [2.05, 4.69) is 32.7 Å². The number of nitrogens with one attached hydrogen (secondary N) is 1. The molecule has 0 heterocycles. The van der Waals surface area contributed by atoms with Gasteiger partial charge in [0.25, 0.3) is 0 Å². The van der Waals surface area contributed by atoms with E-state index < -0.39 is 0 Å². The molecule has 0 amide bonds. The monoisotopic (exact) mass is 127 g/mol. The fourth-order valence-electron chi connectivity index (χ4n) is 0.549. The maximum absolute atomic E-state index is 3.64. The highest BCUT2D eigenvalue weighted by molar-refractivity contribution is 4.74. The maximum atomic E-state index is 3.64. The summed E-state index contributed by atoms with van der Waals surface area (Å²) in [5, 5.41) is 3.35. The van der Waals surface area contributed by atoms with E-state index >= 15 is 0 Å². The number of hydrogen-bond donors (Lipinski definition) is 1. The summed E-state index contributed by atoms with van der Waals surface area (Å²) in [6.45, 7) is 11.2. The Labute approximate surface area is 58.2 Å². The summed E-state index contributed by atoms with van der Waals surface area (Å²) in [7, 11) is 0. The van der Waals surface area contributed by atoms with E-state index in [4.69, 9.17) is 0 Å². The Morgan fingerprint density at radius 2 is 2.00 bits per heavy atom. The molecule has 54 valence electrons. The van der Waals surface area contributed by atoms with Crippen LogP contribution >= 0.6 is 0 Å². The molecule has 0 aromatic heterocycles. The van der Waals surface area contributed by atoms with Crippen molar-refractivity contribution >= 4 is 0 Å². The van der Waals surface area contributed by atoms with Gasteiger partial charge in [-0.3, -0.25) is 0 Å². The average Bonchev–Trinajstić information content (AvgIpc) is 1.63. The molecule has 0 bridgehead atoms. The third-order valence-electron chi connectivity index (χ3n) is 1.00. The maximum Gasteiger partial charge on any atom is 0.00966 e. The summed E-state index contributed by atoms with van der Waals surface area (Å²) in [4.78, 5) is 0. The van der Waals surface area contributed by atoms with Crippen LogP contribution in [0, 0.1) is 0 Å². The van der Waals surface area contributed by atoms with E-state index in [1.54, 1.807) is 0 Å². The standard InChI is InChI=1S/C8H17N/c1-5-6-7-9-8(2,3)4/h5,9H,1,6-7H2,2-4H3. The fraction of sp³-hybridized carbons (Fsp3) is 0.750. The van der Waals surface area contributed by atoms with Crippen molar-refractivity contribution in [1.82, 2.24) is 5.32 Å². The van der Waals surface area contributed by atoms with Gasteiger partial charge < -0.3 is 5.32 Å². The molecule has 0 aliphatic heterocycles. The molecule has 0 atom stereocenters. The zero-order valence-electron chi connectivity index (χ0n) is 6.70. The van der Waals surface area contributed by atoms with Crippen molar-refractivity contribution in [3.05, 3.63) is 12.7 Å². The lowest BCUT2D eigenvalue weighted by atomic mass is 10.1. The van der Waals surface area contributed by atoms with Gasteiger partial charge in [-0.05, 0) is 33.7 Å². The molecule has 1 N–H and O–H groups in total. The van der Waals surface area contributed by atoms with Crippen molar-refractivity contribution in [3.8, 4) is 0 Å². The minimum Gasteiger partial charge on any atom is -0.312 e. The predicted molar refractivity (Wildman–Crippen MR) is 42.6 cm³/mol. The summed E-state index contributed by atoms with van der Waals surface area (Å²) < 4.78 is 0. The van der Waals surface area contributed by atoms with Crippen LogP contribution in [0.5, 0.6) is 0 Å². The first-order valence-electron chi connectivity index (χ1n) is 3.42. The van der Waals surface area contributed by atoms with Gasteiger partial charge in [-0.15, -0.1) is 6.58 Å². The van der Waals surface area contributed by atoms with Crippen LogP contribution < -0.4 is 5.32 Å². The summed E-state index contributed by atoms with van der Waals surface area (Å²) in [5.41, 5.74) is 0.253. The third kappa shape index (κ3) is 7.70. The molecule has 0 aromatic carbocycles. The van der Waals surface area contributed by atoms with Crippen molar-refractivity contribution < 1.29 is 0 Å². The largest absolute Gasteiger partial charge is 0.312 e. The summed E-state index contributed by atoms with van der Waals surface area (Å²) in [6.07, 6.45) is 2.98. The van der Waals surface area contributed by atoms with Gasteiger partial charge in [0.1, 0.15) is 0 Å². The minimum absolute atomic E-state index is 0.253. The molecule has 9 heavy (non-hydrogen) atoms. The van der Waals surface area contributed by atoms with Crippen LogP contribution in [-0.4, -0.2) is 12.1 Å². The average molecular weight is 127 g/mol. The SMILES string of the molecule is C=CCCNC(C)(C)C. The molecule has 0 aromatic rings. The zero-order valence-corrected chi connectivity index (χ0v) is 6.70. The Kier molecular flexibility index (Phi) is 3.55. The highest BCUT2D eigenvalue weighted by Gasteiger charge is 2.05. The van der Waals surface area contributed by atoms with Crippen LogP contribution in [0.2, 0.25) is 0 Å². The van der Waals surface area contributed by atoms with Gasteiger partial charge in [0, 0.05) is 5.54 Å². The Morgan fingerprint density at radius 1 is 1.44 bits per heavy atom. The molecule has 0 saturated carbocycles. The van der Waals surface area contributed by atoms with E-state index in [9.17, 15) is 0 Å². The first-order valence-corrected chi connectivity index (χ1v) is 3.42. The molecular weight excluding hydrogens is 110 g/mol. The van der Waals surface area contributed by atoms with E-state index in [0.29, 0.717) is 0 Å². The van der Waals surface area contributed by atoms with Crippen LogP contribution in [-0.2, 0) is 0 Å². The molecular formula is C8H17N. The Hall–Kier alpha value is -0.300. The fourth-order valence-corrected chi connectivity index (χ4v) is 0.549. The van der Waals surface area contributed by atoms with Gasteiger partial charge in [-0.25, -0.2) is 0 Å². The molecule has 0 fully saturated rings. The van der Waals surface area contributed by atoms with Crippen LogP contribution in [0.15, 0.2) is 12.7 Å². The van der Waals surface area contributed by atoms with Crippen LogP contribution in [0.1, 0.15) is 27.2 Å². The molecule has 0 radical (unpaired) electrons. The van der Waals surface area contributed by atoms with Crippen LogP contribution in [0.4, 0.5) is 0 Å². The Morgan fingerprint density at radius 3 is 2.33 bits per heavy atom. The van der Waals surface area contributed by atoms with Crippen LogP contribution in [0.25, 0.3) is 0 Å². The number of hydrogen-bond acceptors (Lipinski definition) is 1. The molecule has 0 rings (SSSR count). The first-order chi connectivity index (χ1) is 4.06. The molecule has 1 heteroatoms. The topological polar surface area (TPSA) is 12.0 Å². The zero-order chi connectivity index (χ0) is 7.33. The van der Waals surface area contributed by atoms with Crippen molar-refractivity contribution in [2.75, 3.05) is 6.54 Å². The van der Waals surface area contributed by atoms with Gasteiger partial charge in [0.05, 0.1) is 0 Å². The molecule has 0 aliphatic carbocycles. The van der Waals surface area contributed by atoms with Gasteiger partial charge >= 0.3 is 0 Å². The minimum atomic E-state index is 0.253. The highest BCUT2D eigenvalue weighted by atomic mass is 14.9. The summed E-state index contributed by atoms with van der Waals surface area (Å²) in [5.74, 6) is 0. The third-order valence-corrected chi connectivity index (χ3v) is 1.00. The van der Waals surface area contributed by atoms with E-state index in [1.807, 2.05) is 6.08 Å². The van der Waals surface area contributed by atoms with Crippen LogP contribution in [0.3, 0.4) is 0 Å². The quantitative estimate of drug-likeness (QED) is 0.451.